The van der Waals surface area contributed by atoms with Crippen LogP contribution in [0.2, 0.25) is 5.02 Å². The van der Waals surface area contributed by atoms with E-state index in [0.29, 0.717) is 15.4 Å². The normalized spacial score (nSPS) is 12.3. The summed E-state index contributed by atoms with van der Waals surface area (Å²) >= 11 is 7.45. The molecule has 0 aliphatic heterocycles. The van der Waals surface area contributed by atoms with Gasteiger partial charge in [-0.3, -0.25) is 4.79 Å². The second-order valence-corrected chi connectivity index (χ2v) is 7.74. The molecular weight excluding hydrogens is 425 g/mol. The second kappa shape index (κ2) is 8.42. The number of hydrogen-bond donors (Lipinski definition) is 0. The van der Waals surface area contributed by atoms with E-state index in [1.165, 1.54) is 23.7 Å². The Kier molecular flexibility index (Phi) is 6.14. The first-order valence-corrected chi connectivity index (χ1v) is 9.62. The zero-order valence-electron chi connectivity index (χ0n) is 15.5. The molecule has 0 bridgehead atoms. The van der Waals surface area contributed by atoms with Crippen LogP contribution in [0.3, 0.4) is 0 Å². The molecule has 4 nitrogen and oxygen atoms in total. The van der Waals surface area contributed by atoms with Gasteiger partial charge in [0.2, 0.25) is 0 Å². The van der Waals surface area contributed by atoms with Gasteiger partial charge < -0.3 is 8.69 Å². The summed E-state index contributed by atoms with van der Waals surface area (Å²) in [4.78, 5) is 16.2. The molecule has 1 aromatic heterocycles. The number of benzene rings is 2. The van der Waals surface area contributed by atoms with Crippen molar-refractivity contribution < 1.29 is 22.7 Å². The van der Waals surface area contributed by atoms with Crippen molar-refractivity contribution in [3.8, 4) is 11.5 Å². The summed E-state index contributed by atoms with van der Waals surface area (Å²) < 4.78 is 45.6. The minimum atomic E-state index is -4.39. The zero-order chi connectivity index (χ0) is 21.2. The summed E-state index contributed by atoms with van der Waals surface area (Å²) in [6.07, 6.45) is -4.29. The van der Waals surface area contributed by atoms with Gasteiger partial charge in [-0.1, -0.05) is 23.7 Å². The molecule has 0 saturated heterocycles. The molecule has 0 fully saturated rings. The molecular formula is C20H16ClF3N2O2S. The van der Waals surface area contributed by atoms with Crippen molar-refractivity contribution >= 4 is 29.0 Å². The minimum Gasteiger partial charge on any atom is -0.457 e. The van der Waals surface area contributed by atoms with Crippen LogP contribution < -0.4 is 9.41 Å². The van der Waals surface area contributed by atoms with E-state index in [1.807, 2.05) is 17.9 Å². The second-order valence-electron chi connectivity index (χ2n) is 6.24. The summed E-state index contributed by atoms with van der Waals surface area (Å²) in [5, 5.41) is 0.464. The Bertz CT molecular complexity index is 1080. The molecule has 152 valence electrons. The number of aryl methyl sites for hydroxylation is 1. The fourth-order valence-electron chi connectivity index (χ4n) is 2.45. The Labute approximate surface area is 174 Å². The highest BCUT2D eigenvalue weighted by Crippen LogP contribution is 2.31. The highest BCUT2D eigenvalue weighted by atomic mass is 35.5. The largest absolute Gasteiger partial charge is 0.457 e. The molecule has 9 heteroatoms. The third-order valence-corrected chi connectivity index (χ3v) is 5.70. The van der Waals surface area contributed by atoms with E-state index in [9.17, 15) is 18.0 Å². The van der Waals surface area contributed by atoms with Gasteiger partial charge >= 0.3 is 6.18 Å². The van der Waals surface area contributed by atoms with Gasteiger partial charge in [0.1, 0.15) is 11.5 Å². The topological polar surface area (TPSA) is 43.6 Å². The molecule has 0 aliphatic rings. The number of amides is 1. The highest BCUT2D eigenvalue weighted by molar-refractivity contribution is 7.04. The Balaban J connectivity index is 1.65. The third-order valence-electron chi connectivity index (χ3n) is 4.12. The van der Waals surface area contributed by atoms with Gasteiger partial charge in [0.25, 0.3) is 5.91 Å². The van der Waals surface area contributed by atoms with E-state index < -0.39 is 11.7 Å². The van der Waals surface area contributed by atoms with Crippen LogP contribution in [-0.4, -0.2) is 9.86 Å². The molecule has 0 aliphatic carbocycles. The van der Waals surface area contributed by atoms with Gasteiger partial charge in [-0.25, -0.2) is 0 Å². The van der Waals surface area contributed by atoms with Gasteiger partial charge in [-0.2, -0.15) is 18.2 Å². The fraction of sp³-hybridized carbons (Fsp3) is 0.200. The molecule has 0 unspecified atom stereocenters. The van der Waals surface area contributed by atoms with Gasteiger partial charge in [0.05, 0.1) is 17.0 Å². The van der Waals surface area contributed by atoms with Crippen LogP contribution >= 0.6 is 23.1 Å². The van der Waals surface area contributed by atoms with Gasteiger partial charge in [0.15, 0.2) is 4.67 Å². The summed E-state index contributed by atoms with van der Waals surface area (Å²) in [5.41, 5.74) is 0.831. The molecule has 0 saturated carbocycles. The predicted molar refractivity (Wildman–Crippen MR) is 105 cm³/mol. The lowest BCUT2D eigenvalue weighted by molar-refractivity contribution is -0.137. The van der Waals surface area contributed by atoms with Crippen molar-refractivity contribution in [3.63, 3.8) is 0 Å². The SMILES string of the molecule is Cc1c(Cl)c(=NC(=O)Cc2ccc(Oc3ccc(C(F)(F)F)cc3)cc2)sn1C. The van der Waals surface area contributed by atoms with E-state index >= 15 is 0 Å². The molecule has 0 atom stereocenters. The Hall–Kier alpha value is -2.58. The molecule has 29 heavy (non-hydrogen) atoms. The third kappa shape index (κ3) is 5.27. The molecule has 1 amide bonds. The number of rotatable bonds is 4. The van der Waals surface area contributed by atoms with E-state index in [4.69, 9.17) is 16.3 Å². The van der Waals surface area contributed by atoms with Crippen molar-refractivity contribution in [2.75, 3.05) is 0 Å². The van der Waals surface area contributed by atoms with Crippen molar-refractivity contribution in [2.24, 2.45) is 12.0 Å². The van der Waals surface area contributed by atoms with Crippen LogP contribution in [-0.2, 0) is 24.4 Å². The van der Waals surface area contributed by atoms with E-state index in [-0.39, 0.29) is 18.1 Å². The quantitative estimate of drug-likeness (QED) is 0.535. The molecule has 0 radical (unpaired) electrons. The number of nitrogens with zero attached hydrogens (tertiary/aromatic N) is 2. The molecule has 1 heterocycles. The van der Waals surface area contributed by atoms with E-state index in [1.54, 1.807) is 24.3 Å². The van der Waals surface area contributed by atoms with Crippen LogP contribution in [0, 0.1) is 6.92 Å². The summed E-state index contributed by atoms with van der Waals surface area (Å²) in [6.45, 7) is 1.84. The number of carbonyl (C=O) groups is 1. The lowest BCUT2D eigenvalue weighted by Crippen LogP contribution is -2.06. The number of ether oxygens (including phenoxy) is 1. The van der Waals surface area contributed by atoms with Crippen LogP contribution in [0.5, 0.6) is 11.5 Å². The number of aromatic nitrogens is 1. The maximum Gasteiger partial charge on any atom is 0.416 e. The van der Waals surface area contributed by atoms with Crippen LogP contribution in [0.4, 0.5) is 13.2 Å². The first-order chi connectivity index (χ1) is 13.6. The average Bonchev–Trinajstić information content (AvgIpc) is 2.90. The van der Waals surface area contributed by atoms with Crippen LogP contribution in [0.1, 0.15) is 16.8 Å². The van der Waals surface area contributed by atoms with Gasteiger partial charge in [-0.05, 0) is 60.4 Å². The number of hydrogen-bond acceptors (Lipinski definition) is 3. The molecule has 0 spiro atoms. The molecule has 3 rings (SSSR count). The Morgan fingerprint density at radius 2 is 1.66 bits per heavy atom. The predicted octanol–water partition coefficient (Wildman–Crippen LogP) is 5.53. The lowest BCUT2D eigenvalue weighted by atomic mass is 10.1. The van der Waals surface area contributed by atoms with Crippen molar-refractivity contribution in [1.29, 1.82) is 0 Å². The Morgan fingerprint density at radius 3 is 2.14 bits per heavy atom. The first kappa shape index (κ1) is 21.1. The number of carbonyl (C=O) groups excluding carboxylic acids is 1. The molecule has 2 aromatic carbocycles. The summed E-state index contributed by atoms with van der Waals surface area (Å²) in [6, 6.07) is 11.1. The number of alkyl halides is 3. The smallest absolute Gasteiger partial charge is 0.416 e. The van der Waals surface area contributed by atoms with E-state index in [0.717, 1.165) is 23.4 Å². The highest BCUT2D eigenvalue weighted by Gasteiger charge is 2.30. The molecule has 0 N–H and O–H groups in total. The van der Waals surface area contributed by atoms with Crippen molar-refractivity contribution in [1.82, 2.24) is 3.96 Å². The van der Waals surface area contributed by atoms with Crippen molar-refractivity contribution in [3.05, 3.63) is 75.0 Å². The Morgan fingerprint density at radius 1 is 1.10 bits per heavy atom. The van der Waals surface area contributed by atoms with Gasteiger partial charge in [-0.15, -0.1) is 0 Å². The minimum absolute atomic E-state index is 0.0948. The van der Waals surface area contributed by atoms with Gasteiger partial charge in [0, 0.05) is 12.7 Å². The van der Waals surface area contributed by atoms with E-state index in [2.05, 4.69) is 4.99 Å². The van der Waals surface area contributed by atoms with Crippen molar-refractivity contribution in [2.45, 2.75) is 19.5 Å². The first-order valence-electron chi connectivity index (χ1n) is 8.47. The average molecular weight is 441 g/mol. The maximum absolute atomic E-state index is 12.6. The molecule has 3 aromatic rings. The van der Waals surface area contributed by atoms with Crippen LogP contribution in [0.25, 0.3) is 0 Å². The zero-order valence-corrected chi connectivity index (χ0v) is 17.0. The summed E-state index contributed by atoms with van der Waals surface area (Å²) in [7, 11) is 1.84. The standard InChI is InChI=1S/C20H16ClF3N2O2S/c1-12-18(21)19(29-26(12)2)25-17(27)11-13-3-7-15(8-4-13)28-16-9-5-14(6-10-16)20(22,23)24/h3-10H,11H2,1-2H3. The lowest BCUT2D eigenvalue weighted by Gasteiger charge is -2.09. The summed E-state index contributed by atoms with van der Waals surface area (Å²) in [5.74, 6) is 0.402. The monoisotopic (exact) mass is 440 g/mol. The van der Waals surface area contributed by atoms with Crippen LogP contribution in [0.15, 0.2) is 53.5 Å². The number of halogens is 4. The maximum atomic E-state index is 12.6. The fourth-order valence-corrected chi connectivity index (χ4v) is 3.63.